The Balaban J connectivity index is 2.04. The topological polar surface area (TPSA) is 12.5 Å². The van der Waals surface area contributed by atoms with Crippen LogP contribution in [-0.2, 0) is 4.84 Å². The summed E-state index contributed by atoms with van der Waals surface area (Å²) >= 11 is 0. The Kier molecular flexibility index (Phi) is 4.18. The molecule has 22 heavy (non-hydrogen) atoms. The highest BCUT2D eigenvalue weighted by Crippen LogP contribution is 2.65. The van der Waals surface area contributed by atoms with E-state index in [9.17, 15) is 0 Å². The van der Waals surface area contributed by atoms with Crippen molar-refractivity contribution in [3.63, 3.8) is 0 Å². The highest BCUT2D eigenvalue weighted by molar-refractivity contribution is 5.16. The van der Waals surface area contributed by atoms with Gasteiger partial charge >= 0.3 is 0 Å². The van der Waals surface area contributed by atoms with Crippen LogP contribution in [-0.4, -0.2) is 22.7 Å². The molecule has 3 rings (SSSR count). The van der Waals surface area contributed by atoms with Crippen molar-refractivity contribution in [2.75, 3.05) is 0 Å². The Morgan fingerprint density at radius 2 is 1.50 bits per heavy atom. The second kappa shape index (κ2) is 5.48. The van der Waals surface area contributed by atoms with Gasteiger partial charge in [-0.05, 0) is 62.2 Å². The van der Waals surface area contributed by atoms with Crippen molar-refractivity contribution < 1.29 is 4.84 Å². The quantitative estimate of drug-likeness (QED) is 0.725. The fourth-order valence-electron chi connectivity index (χ4n) is 6.77. The first kappa shape index (κ1) is 16.8. The van der Waals surface area contributed by atoms with Crippen molar-refractivity contribution in [3.8, 4) is 0 Å². The standard InChI is InChI=1S/C20H37NO/c1-11(2)16-9-15-10-17(16)18-19(15)22-21(14(7)8)20(18,12(3)4)13(5)6/h11-19H,9-10H2,1-8H3. The predicted molar refractivity (Wildman–Crippen MR) is 92.3 cm³/mol. The molecular formula is C20H37NO. The van der Waals surface area contributed by atoms with E-state index in [4.69, 9.17) is 4.84 Å². The molecule has 5 atom stereocenters. The number of hydrogen-bond acceptors (Lipinski definition) is 2. The molecule has 0 radical (unpaired) electrons. The summed E-state index contributed by atoms with van der Waals surface area (Å²) in [6, 6.07) is 0.465. The van der Waals surface area contributed by atoms with Gasteiger partial charge in [0.1, 0.15) is 0 Å². The largest absolute Gasteiger partial charge is 0.294 e. The molecule has 2 aliphatic carbocycles. The molecule has 2 nitrogen and oxygen atoms in total. The van der Waals surface area contributed by atoms with E-state index in [2.05, 4.69) is 60.5 Å². The van der Waals surface area contributed by atoms with E-state index in [1.165, 1.54) is 12.8 Å². The van der Waals surface area contributed by atoms with Crippen molar-refractivity contribution in [3.05, 3.63) is 0 Å². The van der Waals surface area contributed by atoms with Gasteiger partial charge in [0.25, 0.3) is 0 Å². The number of hydrogen-bond donors (Lipinski definition) is 0. The van der Waals surface area contributed by atoms with Gasteiger partial charge in [0.15, 0.2) is 0 Å². The fourth-order valence-corrected chi connectivity index (χ4v) is 6.77. The van der Waals surface area contributed by atoms with E-state index in [0.717, 1.165) is 29.6 Å². The van der Waals surface area contributed by atoms with Gasteiger partial charge < -0.3 is 0 Å². The van der Waals surface area contributed by atoms with E-state index >= 15 is 0 Å². The minimum Gasteiger partial charge on any atom is -0.294 e. The minimum absolute atomic E-state index is 0.214. The molecule has 0 aromatic rings. The lowest BCUT2D eigenvalue weighted by Crippen LogP contribution is -2.59. The van der Waals surface area contributed by atoms with Crippen LogP contribution in [0.15, 0.2) is 0 Å². The first-order chi connectivity index (χ1) is 10.2. The summed E-state index contributed by atoms with van der Waals surface area (Å²) in [5, 5.41) is 2.44. The van der Waals surface area contributed by atoms with E-state index in [1.54, 1.807) is 0 Å². The first-order valence-corrected chi connectivity index (χ1v) is 9.68. The molecule has 3 aliphatic rings. The van der Waals surface area contributed by atoms with E-state index < -0.39 is 0 Å². The lowest BCUT2D eigenvalue weighted by molar-refractivity contribution is -0.234. The molecule has 0 amide bonds. The van der Waals surface area contributed by atoms with Gasteiger partial charge in [-0.25, -0.2) is 0 Å². The summed E-state index contributed by atoms with van der Waals surface area (Å²) in [5.74, 6) is 5.43. The van der Waals surface area contributed by atoms with Crippen LogP contribution >= 0.6 is 0 Å². The summed E-state index contributed by atoms with van der Waals surface area (Å²) in [6.45, 7) is 19.2. The smallest absolute Gasteiger partial charge is 0.0871 e. The maximum absolute atomic E-state index is 6.68. The molecule has 1 saturated heterocycles. The third-order valence-electron chi connectivity index (χ3n) is 7.31. The third-order valence-corrected chi connectivity index (χ3v) is 7.31. The zero-order valence-corrected chi connectivity index (χ0v) is 16.0. The Morgan fingerprint density at radius 1 is 0.909 bits per heavy atom. The zero-order valence-electron chi connectivity index (χ0n) is 16.0. The van der Waals surface area contributed by atoms with Crippen LogP contribution in [0.2, 0.25) is 0 Å². The Bertz CT molecular complexity index is 406. The zero-order chi connectivity index (χ0) is 16.4. The monoisotopic (exact) mass is 307 g/mol. The van der Waals surface area contributed by atoms with Crippen LogP contribution in [0, 0.1) is 41.4 Å². The van der Waals surface area contributed by atoms with Gasteiger partial charge in [0.05, 0.1) is 11.6 Å². The average Bonchev–Trinajstić information content (AvgIpc) is 3.06. The molecule has 2 bridgehead atoms. The molecule has 0 spiro atoms. The highest BCUT2D eigenvalue weighted by Gasteiger charge is 2.69. The SMILES string of the molecule is CC(C)C1CC2CC1C1C2ON(C(C)C)C1(C(C)C)C(C)C. The van der Waals surface area contributed by atoms with Gasteiger partial charge in [0.2, 0.25) is 0 Å². The molecule has 5 unspecified atom stereocenters. The lowest BCUT2D eigenvalue weighted by Gasteiger charge is -2.51. The number of fused-ring (bicyclic) bond motifs is 5. The van der Waals surface area contributed by atoms with Crippen LogP contribution in [0.3, 0.4) is 0 Å². The van der Waals surface area contributed by atoms with Gasteiger partial charge in [-0.1, -0.05) is 41.5 Å². The second-order valence-electron chi connectivity index (χ2n) is 9.52. The maximum Gasteiger partial charge on any atom is 0.0871 e. The second-order valence-corrected chi connectivity index (χ2v) is 9.52. The van der Waals surface area contributed by atoms with Crippen molar-refractivity contribution in [1.29, 1.82) is 0 Å². The van der Waals surface area contributed by atoms with Crippen molar-refractivity contribution in [2.45, 2.75) is 85.9 Å². The summed E-state index contributed by atoms with van der Waals surface area (Å²) in [4.78, 5) is 6.68. The van der Waals surface area contributed by atoms with Gasteiger partial charge in [0, 0.05) is 12.0 Å². The molecular weight excluding hydrogens is 270 g/mol. The molecule has 1 aliphatic heterocycles. The van der Waals surface area contributed by atoms with Crippen LogP contribution in [0.4, 0.5) is 0 Å². The van der Waals surface area contributed by atoms with Crippen LogP contribution < -0.4 is 0 Å². The fraction of sp³-hybridized carbons (Fsp3) is 1.00. The summed E-state index contributed by atoms with van der Waals surface area (Å²) in [6.07, 6.45) is 3.32. The Labute approximate surface area is 137 Å². The van der Waals surface area contributed by atoms with E-state index in [0.29, 0.717) is 24.0 Å². The molecule has 1 heterocycles. The summed E-state index contributed by atoms with van der Waals surface area (Å²) in [7, 11) is 0. The number of hydroxylamine groups is 2. The molecule has 128 valence electrons. The minimum atomic E-state index is 0.214. The average molecular weight is 308 g/mol. The highest BCUT2D eigenvalue weighted by atomic mass is 16.7. The summed E-state index contributed by atoms with van der Waals surface area (Å²) < 4.78 is 0. The van der Waals surface area contributed by atoms with Gasteiger partial charge in [-0.3, -0.25) is 4.84 Å². The predicted octanol–water partition coefficient (Wildman–Crippen LogP) is 4.99. The lowest BCUT2D eigenvalue weighted by atomic mass is 9.59. The number of nitrogens with zero attached hydrogens (tertiary/aromatic N) is 1. The molecule has 2 saturated carbocycles. The van der Waals surface area contributed by atoms with Gasteiger partial charge in [-0.2, -0.15) is 5.06 Å². The van der Waals surface area contributed by atoms with Crippen LogP contribution in [0.25, 0.3) is 0 Å². The normalized spacial score (nSPS) is 40.6. The van der Waals surface area contributed by atoms with Gasteiger partial charge in [-0.15, -0.1) is 0 Å². The van der Waals surface area contributed by atoms with Crippen molar-refractivity contribution >= 4 is 0 Å². The first-order valence-electron chi connectivity index (χ1n) is 9.68. The van der Waals surface area contributed by atoms with Crippen molar-refractivity contribution in [1.82, 2.24) is 5.06 Å². The van der Waals surface area contributed by atoms with E-state index in [-0.39, 0.29) is 5.54 Å². The maximum atomic E-state index is 6.68. The van der Waals surface area contributed by atoms with Crippen LogP contribution in [0.1, 0.15) is 68.2 Å². The van der Waals surface area contributed by atoms with Crippen LogP contribution in [0.5, 0.6) is 0 Å². The number of rotatable bonds is 4. The molecule has 3 fully saturated rings. The summed E-state index contributed by atoms with van der Waals surface area (Å²) in [5.41, 5.74) is 0.214. The molecule has 0 aromatic heterocycles. The third kappa shape index (κ3) is 1.99. The molecule has 2 heteroatoms. The van der Waals surface area contributed by atoms with E-state index in [1.807, 2.05) is 0 Å². The molecule has 0 aromatic carbocycles. The van der Waals surface area contributed by atoms with Crippen molar-refractivity contribution in [2.24, 2.45) is 41.4 Å². The Morgan fingerprint density at radius 3 is 1.95 bits per heavy atom. The Hall–Kier alpha value is -0.0800. The molecule has 0 N–H and O–H groups in total.